The number of hydrogen-bond donors (Lipinski definition) is 1. The van der Waals surface area contributed by atoms with E-state index in [-0.39, 0.29) is 5.82 Å². The maximum absolute atomic E-state index is 13.1. The van der Waals surface area contributed by atoms with Crippen LogP contribution in [0.2, 0.25) is 0 Å². The first-order chi connectivity index (χ1) is 5.79. The van der Waals surface area contributed by atoms with E-state index in [1.165, 1.54) is 6.07 Å². The number of nitrogens with one attached hydrogen (secondary N) is 1. The molecule has 1 aliphatic rings. The van der Waals surface area contributed by atoms with Gasteiger partial charge in [0.25, 0.3) is 0 Å². The van der Waals surface area contributed by atoms with Crippen LogP contribution >= 0.6 is 0 Å². The van der Waals surface area contributed by atoms with Crippen molar-refractivity contribution in [1.29, 1.82) is 0 Å². The van der Waals surface area contributed by atoms with Crippen molar-refractivity contribution >= 4 is 0 Å². The van der Waals surface area contributed by atoms with Gasteiger partial charge in [0.1, 0.15) is 5.82 Å². The molecule has 1 N–H and O–H groups in total. The third-order valence-electron chi connectivity index (χ3n) is 2.51. The minimum absolute atomic E-state index is 0.0961. The molecule has 1 aromatic carbocycles. The van der Waals surface area contributed by atoms with Crippen LogP contribution in [0.1, 0.15) is 23.6 Å². The second-order valence-corrected chi connectivity index (χ2v) is 3.25. The maximum Gasteiger partial charge on any atom is 0.126 e. The lowest BCUT2D eigenvalue weighted by atomic mass is 9.94. The van der Waals surface area contributed by atoms with Crippen molar-refractivity contribution in [3.05, 3.63) is 35.1 Å². The SMILES string of the molecule is Cc1c(F)cccc1C1CCN1. The Hall–Kier alpha value is -0.890. The van der Waals surface area contributed by atoms with E-state index >= 15 is 0 Å². The van der Waals surface area contributed by atoms with Crippen LogP contribution in [0.3, 0.4) is 0 Å². The second kappa shape index (κ2) is 2.87. The van der Waals surface area contributed by atoms with E-state index in [0.717, 1.165) is 24.1 Å². The summed E-state index contributed by atoms with van der Waals surface area (Å²) in [5.41, 5.74) is 1.90. The zero-order valence-corrected chi connectivity index (χ0v) is 7.10. The van der Waals surface area contributed by atoms with Crippen molar-refractivity contribution in [3.63, 3.8) is 0 Å². The average Bonchev–Trinajstić information content (AvgIpc) is 1.95. The van der Waals surface area contributed by atoms with Crippen molar-refractivity contribution in [2.75, 3.05) is 6.54 Å². The van der Waals surface area contributed by atoms with Crippen LogP contribution in [-0.4, -0.2) is 6.54 Å². The molecule has 1 nitrogen and oxygen atoms in total. The molecule has 1 saturated heterocycles. The largest absolute Gasteiger partial charge is 0.310 e. The summed E-state index contributed by atoms with van der Waals surface area (Å²) < 4.78 is 13.1. The Bertz CT molecular complexity index is 292. The second-order valence-electron chi connectivity index (χ2n) is 3.25. The van der Waals surface area contributed by atoms with Crippen LogP contribution in [0.4, 0.5) is 4.39 Å². The van der Waals surface area contributed by atoms with Crippen molar-refractivity contribution in [1.82, 2.24) is 5.32 Å². The molecule has 1 atom stereocenters. The van der Waals surface area contributed by atoms with Gasteiger partial charge in [0.05, 0.1) is 0 Å². The predicted octanol–water partition coefficient (Wildman–Crippen LogP) is 2.17. The normalized spacial score (nSPS) is 22.0. The minimum Gasteiger partial charge on any atom is -0.310 e. The molecule has 0 radical (unpaired) electrons. The first-order valence-electron chi connectivity index (χ1n) is 4.27. The molecule has 0 amide bonds. The number of halogens is 1. The van der Waals surface area contributed by atoms with Gasteiger partial charge in [-0.1, -0.05) is 12.1 Å². The van der Waals surface area contributed by atoms with Crippen LogP contribution in [0.25, 0.3) is 0 Å². The summed E-state index contributed by atoms with van der Waals surface area (Å²) in [5.74, 6) is -0.0961. The lowest BCUT2D eigenvalue weighted by molar-refractivity contribution is 0.380. The van der Waals surface area contributed by atoms with Crippen molar-refractivity contribution in [2.45, 2.75) is 19.4 Å². The molecule has 1 aromatic rings. The molecule has 2 rings (SSSR count). The number of hydrogen-bond acceptors (Lipinski definition) is 1. The molecule has 0 bridgehead atoms. The van der Waals surface area contributed by atoms with Gasteiger partial charge in [0.2, 0.25) is 0 Å². The molecule has 1 unspecified atom stereocenters. The van der Waals surface area contributed by atoms with Crippen molar-refractivity contribution < 1.29 is 4.39 Å². The summed E-state index contributed by atoms with van der Waals surface area (Å²) in [6.45, 7) is 2.89. The zero-order chi connectivity index (χ0) is 8.55. The summed E-state index contributed by atoms with van der Waals surface area (Å²) in [4.78, 5) is 0. The summed E-state index contributed by atoms with van der Waals surface area (Å²) in [7, 11) is 0. The van der Waals surface area contributed by atoms with Gasteiger partial charge in [-0.15, -0.1) is 0 Å². The Labute approximate surface area is 71.6 Å². The molecule has 0 spiro atoms. The minimum atomic E-state index is -0.0961. The van der Waals surface area contributed by atoms with Gasteiger partial charge in [-0.25, -0.2) is 4.39 Å². The fraction of sp³-hybridized carbons (Fsp3) is 0.400. The Kier molecular flexibility index (Phi) is 1.85. The highest BCUT2D eigenvalue weighted by molar-refractivity contribution is 5.31. The Morgan fingerprint density at radius 3 is 2.83 bits per heavy atom. The van der Waals surface area contributed by atoms with Crippen LogP contribution < -0.4 is 5.32 Å². The summed E-state index contributed by atoms with van der Waals surface area (Å²) in [6, 6.07) is 5.67. The van der Waals surface area contributed by atoms with E-state index in [9.17, 15) is 4.39 Å². The van der Waals surface area contributed by atoms with Gasteiger partial charge in [0.15, 0.2) is 0 Å². The number of benzene rings is 1. The van der Waals surface area contributed by atoms with Gasteiger partial charge < -0.3 is 5.32 Å². The molecule has 64 valence electrons. The predicted molar refractivity (Wildman–Crippen MR) is 46.5 cm³/mol. The number of rotatable bonds is 1. The van der Waals surface area contributed by atoms with E-state index in [0.29, 0.717) is 6.04 Å². The maximum atomic E-state index is 13.1. The zero-order valence-electron chi connectivity index (χ0n) is 7.10. The van der Waals surface area contributed by atoms with Gasteiger partial charge in [0, 0.05) is 6.04 Å². The van der Waals surface area contributed by atoms with E-state index < -0.39 is 0 Å². The standard InChI is InChI=1S/C10H12FN/c1-7-8(10-5-6-12-10)3-2-4-9(7)11/h2-4,10,12H,5-6H2,1H3. The summed E-state index contributed by atoms with van der Waals surface area (Å²) in [6.07, 6.45) is 1.13. The van der Waals surface area contributed by atoms with Gasteiger partial charge in [-0.3, -0.25) is 0 Å². The van der Waals surface area contributed by atoms with Crippen molar-refractivity contribution in [3.8, 4) is 0 Å². The van der Waals surface area contributed by atoms with Crippen LogP contribution in [0.5, 0.6) is 0 Å². The summed E-state index contributed by atoms with van der Waals surface area (Å²) >= 11 is 0. The smallest absolute Gasteiger partial charge is 0.126 e. The quantitative estimate of drug-likeness (QED) is 0.672. The molecule has 0 saturated carbocycles. The van der Waals surface area contributed by atoms with Crippen LogP contribution in [-0.2, 0) is 0 Å². The fourth-order valence-corrected chi connectivity index (χ4v) is 1.56. The molecule has 2 heteroatoms. The van der Waals surface area contributed by atoms with E-state index in [1.807, 2.05) is 13.0 Å². The molecule has 1 fully saturated rings. The van der Waals surface area contributed by atoms with Gasteiger partial charge >= 0.3 is 0 Å². The lowest BCUT2D eigenvalue weighted by Crippen LogP contribution is -2.35. The first kappa shape index (κ1) is 7.74. The summed E-state index contributed by atoms with van der Waals surface area (Å²) in [5, 5.41) is 3.26. The van der Waals surface area contributed by atoms with Gasteiger partial charge in [-0.05, 0) is 37.1 Å². The topological polar surface area (TPSA) is 12.0 Å². The fourth-order valence-electron chi connectivity index (χ4n) is 1.56. The molecule has 0 aliphatic carbocycles. The van der Waals surface area contributed by atoms with Crippen molar-refractivity contribution in [2.24, 2.45) is 0 Å². The molecule has 1 heterocycles. The molecular weight excluding hydrogens is 153 g/mol. The molecule has 1 aliphatic heterocycles. The average molecular weight is 165 g/mol. The first-order valence-corrected chi connectivity index (χ1v) is 4.27. The third-order valence-corrected chi connectivity index (χ3v) is 2.51. The highest BCUT2D eigenvalue weighted by Gasteiger charge is 2.20. The molecular formula is C10H12FN. The third kappa shape index (κ3) is 1.12. The van der Waals surface area contributed by atoms with Crippen LogP contribution in [0, 0.1) is 12.7 Å². The highest BCUT2D eigenvalue weighted by Crippen LogP contribution is 2.26. The highest BCUT2D eigenvalue weighted by atomic mass is 19.1. The van der Waals surface area contributed by atoms with E-state index in [4.69, 9.17) is 0 Å². The van der Waals surface area contributed by atoms with E-state index in [1.54, 1.807) is 6.07 Å². The Morgan fingerprint density at radius 2 is 2.25 bits per heavy atom. The van der Waals surface area contributed by atoms with Gasteiger partial charge in [-0.2, -0.15) is 0 Å². The Morgan fingerprint density at radius 1 is 1.50 bits per heavy atom. The molecule has 0 aromatic heterocycles. The Balaban J connectivity index is 2.36. The lowest BCUT2D eigenvalue weighted by Gasteiger charge is -2.29. The van der Waals surface area contributed by atoms with Crippen LogP contribution in [0.15, 0.2) is 18.2 Å². The van der Waals surface area contributed by atoms with E-state index in [2.05, 4.69) is 5.32 Å². The molecule has 12 heavy (non-hydrogen) atoms. The monoisotopic (exact) mass is 165 g/mol.